The summed E-state index contributed by atoms with van der Waals surface area (Å²) in [5.41, 5.74) is 3.46. The minimum absolute atomic E-state index is 0.249. The minimum Gasteiger partial charge on any atom is -0.481 e. The van der Waals surface area contributed by atoms with Crippen LogP contribution >= 0.6 is 0 Å². The van der Waals surface area contributed by atoms with Gasteiger partial charge in [0.05, 0.1) is 5.69 Å². The number of nitrogens with zero attached hydrogens (tertiary/aromatic N) is 1. The molecule has 1 aliphatic rings. The van der Waals surface area contributed by atoms with Crippen molar-refractivity contribution >= 4 is 5.97 Å². The fraction of sp³-hybridized carbons (Fsp3) is 0.294. The van der Waals surface area contributed by atoms with Crippen molar-refractivity contribution in [3.8, 4) is 0 Å². The zero-order chi connectivity index (χ0) is 14.8. The number of aryl methyl sites for hydroxylation is 2. The van der Waals surface area contributed by atoms with Gasteiger partial charge in [0, 0.05) is 5.69 Å². The predicted octanol–water partition coefficient (Wildman–Crippen LogP) is 3.12. The van der Waals surface area contributed by atoms with Gasteiger partial charge in [0.2, 0.25) is 0 Å². The number of aliphatic carboxylic acids is 1. The highest BCUT2D eigenvalue weighted by Gasteiger charge is 2.24. The lowest BCUT2D eigenvalue weighted by molar-refractivity contribution is -0.138. The highest BCUT2D eigenvalue weighted by molar-refractivity contribution is 5.76. The Hall–Kier alpha value is -2.23. The standard InChI is InChI=1S/C17H16FNO2/c18-13-5-1-3-11(9-13)10-14(17(20)21)16-8-7-12-4-2-6-15(12)19-16/h1,3,5,7-9,14H,2,4,6,10H2,(H,20,21). The van der Waals surface area contributed by atoms with Crippen molar-refractivity contribution in [1.82, 2.24) is 4.98 Å². The monoisotopic (exact) mass is 285 g/mol. The van der Waals surface area contributed by atoms with Crippen LogP contribution in [0.15, 0.2) is 36.4 Å². The average molecular weight is 285 g/mol. The van der Waals surface area contributed by atoms with Crippen LogP contribution in [0, 0.1) is 5.82 Å². The Morgan fingerprint density at radius 2 is 2.14 bits per heavy atom. The van der Waals surface area contributed by atoms with E-state index in [1.54, 1.807) is 18.2 Å². The molecular weight excluding hydrogens is 269 g/mol. The number of hydrogen-bond acceptors (Lipinski definition) is 2. The number of pyridine rings is 1. The first kappa shape index (κ1) is 13.7. The molecule has 1 unspecified atom stereocenters. The lowest BCUT2D eigenvalue weighted by Crippen LogP contribution is -2.16. The van der Waals surface area contributed by atoms with Crippen molar-refractivity contribution in [3.63, 3.8) is 0 Å². The highest BCUT2D eigenvalue weighted by atomic mass is 19.1. The van der Waals surface area contributed by atoms with Crippen LogP contribution in [-0.4, -0.2) is 16.1 Å². The number of halogens is 1. The quantitative estimate of drug-likeness (QED) is 0.939. The molecule has 0 radical (unpaired) electrons. The van der Waals surface area contributed by atoms with E-state index >= 15 is 0 Å². The van der Waals surface area contributed by atoms with E-state index < -0.39 is 11.9 Å². The summed E-state index contributed by atoms with van der Waals surface area (Å²) in [6.07, 6.45) is 3.26. The van der Waals surface area contributed by atoms with E-state index in [9.17, 15) is 14.3 Å². The zero-order valence-electron chi connectivity index (χ0n) is 11.6. The highest BCUT2D eigenvalue weighted by Crippen LogP contribution is 2.25. The molecule has 1 aromatic carbocycles. The first-order valence-electron chi connectivity index (χ1n) is 7.09. The average Bonchev–Trinajstić information content (AvgIpc) is 2.92. The second-order valence-electron chi connectivity index (χ2n) is 5.42. The van der Waals surface area contributed by atoms with Crippen molar-refractivity contribution in [3.05, 3.63) is 64.7 Å². The molecule has 21 heavy (non-hydrogen) atoms. The van der Waals surface area contributed by atoms with Gasteiger partial charge < -0.3 is 5.11 Å². The topological polar surface area (TPSA) is 50.2 Å². The summed E-state index contributed by atoms with van der Waals surface area (Å²) < 4.78 is 13.2. The Labute approximate surface area is 122 Å². The fourth-order valence-corrected chi connectivity index (χ4v) is 2.85. The smallest absolute Gasteiger partial charge is 0.312 e. The van der Waals surface area contributed by atoms with Crippen molar-refractivity contribution in [2.75, 3.05) is 0 Å². The number of benzene rings is 1. The van der Waals surface area contributed by atoms with Gasteiger partial charge in [-0.2, -0.15) is 0 Å². The lowest BCUT2D eigenvalue weighted by atomic mass is 9.95. The van der Waals surface area contributed by atoms with Gasteiger partial charge in [0.1, 0.15) is 11.7 Å². The molecule has 1 atom stereocenters. The van der Waals surface area contributed by atoms with E-state index in [0.29, 0.717) is 11.3 Å². The third kappa shape index (κ3) is 2.94. The van der Waals surface area contributed by atoms with E-state index in [2.05, 4.69) is 4.98 Å². The predicted molar refractivity (Wildman–Crippen MR) is 76.7 cm³/mol. The molecule has 2 aromatic rings. The van der Waals surface area contributed by atoms with Crippen molar-refractivity contribution in [2.24, 2.45) is 0 Å². The normalized spacial score (nSPS) is 14.7. The van der Waals surface area contributed by atoms with Crippen LogP contribution in [0.2, 0.25) is 0 Å². The van der Waals surface area contributed by atoms with Crippen LogP contribution in [0.5, 0.6) is 0 Å². The van der Waals surface area contributed by atoms with Gasteiger partial charge in [-0.15, -0.1) is 0 Å². The Kier molecular flexibility index (Phi) is 3.69. The van der Waals surface area contributed by atoms with Gasteiger partial charge >= 0.3 is 5.97 Å². The van der Waals surface area contributed by atoms with Crippen molar-refractivity contribution < 1.29 is 14.3 Å². The van der Waals surface area contributed by atoms with E-state index in [0.717, 1.165) is 25.0 Å². The second-order valence-corrected chi connectivity index (χ2v) is 5.42. The Morgan fingerprint density at radius 3 is 2.90 bits per heavy atom. The number of aromatic nitrogens is 1. The fourth-order valence-electron chi connectivity index (χ4n) is 2.85. The maximum Gasteiger partial charge on any atom is 0.312 e. The molecular formula is C17H16FNO2. The van der Waals surface area contributed by atoms with E-state index in [1.165, 1.54) is 17.7 Å². The Bertz CT molecular complexity index is 684. The summed E-state index contributed by atoms with van der Waals surface area (Å²) in [6, 6.07) is 9.84. The molecule has 108 valence electrons. The molecule has 1 aliphatic carbocycles. The number of carboxylic acid groups (broad SMARTS) is 1. The first-order valence-corrected chi connectivity index (χ1v) is 7.09. The molecule has 3 nitrogen and oxygen atoms in total. The molecule has 0 fully saturated rings. The molecule has 0 spiro atoms. The van der Waals surface area contributed by atoms with Crippen LogP contribution < -0.4 is 0 Å². The van der Waals surface area contributed by atoms with Crippen LogP contribution in [0.25, 0.3) is 0 Å². The third-order valence-electron chi connectivity index (χ3n) is 3.93. The van der Waals surface area contributed by atoms with Crippen molar-refractivity contribution in [2.45, 2.75) is 31.6 Å². The van der Waals surface area contributed by atoms with Gasteiger partial charge in [0.15, 0.2) is 0 Å². The van der Waals surface area contributed by atoms with Crippen LogP contribution in [0.4, 0.5) is 4.39 Å². The molecule has 0 amide bonds. The van der Waals surface area contributed by atoms with E-state index in [-0.39, 0.29) is 12.2 Å². The van der Waals surface area contributed by atoms with Gasteiger partial charge in [0.25, 0.3) is 0 Å². The molecule has 0 aliphatic heterocycles. The summed E-state index contributed by atoms with van der Waals surface area (Å²) in [5, 5.41) is 9.47. The van der Waals surface area contributed by atoms with E-state index in [1.807, 2.05) is 6.07 Å². The number of hydrogen-bond donors (Lipinski definition) is 1. The van der Waals surface area contributed by atoms with Crippen LogP contribution in [0.3, 0.4) is 0 Å². The molecule has 1 N–H and O–H groups in total. The lowest BCUT2D eigenvalue weighted by Gasteiger charge is -2.13. The van der Waals surface area contributed by atoms with Gasteiger partial charge in [-0.25, -0.2) is 4.39 Å². The van der Waals surface area contributed by atoms with Crippen LogP contribution in [0.1, 0.15) is 34.9 Å². The van der Waals surface area contributed by atoms with Gasteiger partial charge in [-0.05, 0) is 55.0 Å². The third-order valence-corrected chi connectivity index (χ3v) is 3.93. The SMILES string of the molecule is O=C(O)C(Cc1cccc(F)c1)c1ccc2c(n1)CCC2. The minimum atomic E-state index is -0.926. The molecule has 0 saturated carbocycles. The summed E-state index contributed by atoms with van der Waals surface area (Å²) in [6.45, 7) is 0. The number of rotatable bonds is 4. The molecule has 3 rings (SSSR count). The Balaban J connectivity index is 1.89. The zero-order valence-corrected chi connectivity index (χ0v) is 11.6. The molecule has 0 bridgehead atoms. The Morgan fingerprint density at radius 1 is 1.29 bits per heavy atom. The molecule has 1 aromatic heterocycles. The molecule has 1 heterocycles. The first-order chi connectivity index (χ1) is 10.1. The summed E-state index contributed by atoms with van der Waals surface area (Å²) in [5.74, 6) is -2.01. The van der Waals surface area contributed by atoms with Gasteiger partial charge in [-0.3, -0.25) is 9.78 Å². The van der Waals surface area contributed by atoms with Crippen LogP contribution in [-0.2, 0) is 24.1 Å². The number of fused-ring (bicyclic) bond motifs is 1. The number of carbonyl (C=O) groups is 1. The molecule has 4 heteroatoms. The summed E-state index contributed by atoms with van der Waals surface area (Å²) in [7, 11) is 0. The largest absolute Gasteiger partial charge is 0.481 e. The maximum atomic E-state index is 13.2. The maximum absolute atomic E-state index is 13.2. The molecule has 0 saturated heterocycles. The number of carboxylic acids is 1. The summed E-state index contributed by atoms with van der Waals surface area (Å²) >= 11 is 0. The van der Waals surface area contributed by atoms with E-state index in [4.69, 9.17) is 0 Å². The summed E-state index contributed by atoms with van der Waals surface area (Å²) in [4.78, 5) is 16.1. The second kappa shape index (κ2) is 5.64. The van der Waals surface area contributed by atoms with Gasteiger partial charge in [-0.1, -0.05) is 18.2 Å². The van der Waals surface area contributed by atoms with Crippen molar-refractivity contribution in [1.29, 1.82) is 0 Å².